The Bertz CT molecular complexity index is 454. The molecule has 0 aliphatic rings. The highest BCUT2D eigenvalue weighted by atomic mass is 79.9. The van der Waals surface area contributed by atoms with Gasteiger partial charge in [-0.05, 0) is 19.1 Å². The normalized spacial score (nSPS) is 11.4. The molecule has 0 unspecified atom stereocenters. The average Bonchev–Trinajstić information content (AvgIpc) is 2.22. The number of halogens is 1. The second-order valence-corrected chi connectivity index (χ2v) is 6.63. The molecule has 0 saturated heterocycles. The largest absolute Gasteiger partial charge is 0.494 e. The van der Waals surface area contributed by atoms with Gasteiger partial charge in [-0.15, -0.1) is 0 Å². The quantitative estimate of drug-likeness (QED) is 0.840. The number of hydrogen-bond donors (Lipinski definition) is 0. The lowest BCUT2D eigenvalue weighted by molar-refractivity contribution is 0.337. The molecule has 0 bridgehead atoms. The van der Waals surface area contributed by atoms with Crippen molar-refractivity contribution < 1.29 is 13.2 Å². The molecule has 0 fully saturated rings. The van der Waals surface area contributed by atoms with Crippen LogP contribution >= 0.6 is 15.9 Å². The van der Waals surface area contributed by atoms with Gasteiger partial charge in [0.25, 0.3) is 0 Å². The van der Waals surface area contributed by atoms with Gasteiger partial charge in [0.2, 0.25) is 0 Å². The van der Waals surface area contributed by atoms with E-state index in [0.717, 1.165) is 4.47 Å². The first kappa shape index (κ1) is 13.5. The van der Waals surface area contributed by atoms with Gasteiger partial charge in [-0.2, -0.15) is 0 Å². The Morgan fingerprint density at radius 3 is 2.56 bits per heavy atom. The zero-order valence-electron chi connectivity index (χ0n) is 9.36. The first-order chi connectivity index (χ1) is 7.48. The van der Waals surface area contributed by atoms with E-state index in [1.54, 1.807) is 19.1 Å². The fraction of sp³-hybridized carbons (Fsp3) is 0.455. The average molecular weight is 307 g/mol. The van der Waals surface area contributed by atoms with Crippen molar-refractivity contribution >= 4 is 25.8 Å². The highest BCUT2D eigenvalue weighted by Gasteiger charge is 2.13. The molecular formula is C11H15BrO3S. The van der Waals surface area contributed by atoms with Crippen LogP contribution in [0.1, 0.15) is 19.4 Å². The Balaban J connectivity index is 3.03. The summed E-state index contributed by atoms with van der Waals surface area (Å²) < 4.78 is 29.4. The minimum atomic E-state index is -3.02. The summed E-state index contributed by atoms with van der Waals surface area (Å²) in [4.78, 5) is 0. The van der Waals surface area contributed by atoms with Crippen LogP contribution in [0.25, 0.3) is 0 Å². The Morgan fingerprint density at radius 1 is 1.31 bits per heavy atom. The lowest BCUT2D eigenvalue weighted by Gasteiger charge is -2.10. The molecule has 0 aliphatic heterocycles. The van der Waals surface area contributed by atoms with E-state index in [2.05, 4.69) is 15.9 Å². The molecule has 3 nitrogen and oxygen atoms in total. The maximum atomic E-state index is 11.5. The molecule has 16 heavy (non-hydrogen) atoms. The maximum absolute atomic E-state index is 11.5. The third kappa shape index (κ3) is 3.79. The Morgan fingerprint density at radius 2 is 2.00 bits per heavy atom. The van der Waals surface area contributed by atoms with Crippen LogP contribution in [0.2, 0.25) is 0 Å². The summed E-state index contributed by atoms with van der Waals surface area (Å²) in [5.41, 5.74) is 0.715. The zero-order valence-corrected chi connectivity index (χ0v) is 11.8. The smallest absolute Gasteiger partial charge is 0.154 e. The molecule has 0 aromatic heterocycles. The van der Waals surface area contributed by atoms with Crippen molar-refractivity contribution in [3.8, 4) is 5.75 Å². The van der Waals surface area contributed by atoms with E-state index in [1.165, 1.54) is 0 Å². The van der Waals surface area contributed by atoms with Crippen molar-refractivity contribution in [2.24, 2.45) is 0 Å². The lowest BCUT2D eigenvalue weighted by Crippen LogP contribution is -2.08. The molecule has 5 heteroatoms. The summed E-state index contributed by atoms with van der Waals surface area (Å²) in [6, 6.07) is 5.40. The van der Waals surface area contributed by atoms with E-state index >= 15 is 0 Å². The van der Waals surface area contributed by atoms with Crippen molar-refractivity contribution in [2.45, 2.75) is 19.6 Å². The molecule has 1 rings (SSSR count). The number of rotatable bonds is 5. The summed E-state index contributed by atoms with van der Waals surface area (Å²) in [7, 11) is -3.02. The number of hydrogen-bond acceptors (Lipinski definition) is 3. The monoisotopic (exact) mass is 306 g/mol. The van der Waals surface area contributed by atoms with E-state index in [1.807, 2.05) is 13.0 Å². The fourth-order valence-electron chi connectivity index (χ4n) is 1.28. The molecule has 0 N–H and O–H groups in total. The standard InChI is InChI=1S/C11H15BrO3S/c1-3-15-11-7-10(12)6-5-9(11)8-16(13,14)4-2/h5-7H,3-4,8H2,1-2H3. The van der Waals surface area contributed by atoms with E-state index in [4.69, 9.17) is 4.74 Å². The molecule has 0 saturated carbocycles. The Hall–Kier alpha value is -0.550. The second-order valence-electron chi connectivity index (χ2n) is 3.36. The SMILES string of the molecule is CCOc1cc(Br)ccc1CS(=O)(=O)CC. The minimum Gasteiger partial charge on any atom is -0.494 e. The Kier molecular flexibility index (Phi) is 4.80. The highest BCUT2D eigenvalue weighted by molar-refractivity contribution is 9.10. The summed E-state index contributed by atoms with van der Waals surface area (Å²) in [5.74, 6) is 0.815. The number of ether oxygens (including phenoxy) is 1. The third-order valence-electron chi connectivity index (χ3n) is 2.14. The van der Waals surface area contributed by atoms with Gasteiger partial charge in [-0.1, -0.05) is 28.9 Å². The van der Waals surface area contributed by atoms with E-state index in [9.17, 15) is 8.42 Å². The van der Waals surface area contributed by atoms with Crippen LogP contribution in [0.4, 0.5) is 0 Å². The number of benzene rings is 1. The van der Waals surface area contributed by atoms with Gasteiger partial charge < -0.3 is 4.74 Å². The molecule has 90 valence electrons. The summed E-state index contributed by atoms with van der Waals surface area (Å²) in [5, 5.41) is 0. The van der Waals surface area contributed by atoms with Gasteiger partial charge in [0.1, 0.15) is 5.75 Å². The molecule has 0 amide bonds. The van der Waals surface area contributed by atoms with Crippen LogP contribution in [-0.4, -0.2) is 20.8 Å². The first-order valence-corrected chi connectivity index (χ1v) is 7.71. The van der Waals surface area contributed by atoms with Crippen molar-refractivity contribution in [3.05, 3.63) is 28.2 Å². The van der Waals surface area contributed by atoms with Gasteiger partial charge in [0, 0.05) is 15.8 Å². The predicted molar refractivity (Wildman–Crippen MR) is 68.5 cm³/mol. The van der Waals surface area contributed by atoms with Gasteiger partial charge in [0.15, 0.2) is 9.84 Å². The molecule has 0 heterocycles. The molecule has 0 radical (unpaired) electrons. The summed E-state index contributed by atoms with van der Waals surface area (Å²) >= 11 is 3.33. The third-order valence-corrected chi connectivity index (χ3v) is 4.27. The second kappa shape index (κ2) is 5.68. The predicted octanol–water partition coefficient (Wildman–Crippen LogP) is 2.78. The van der Waals surface area contributed by atoms with Crippen LogP contribution in [0.3, 0.4) is 0 Å². The minimum absolute atomic E-state index is 0.0338. The summed E-state index contributed by atoms with van der Waals surface area (Å²) in [6.07, 6.45) is 0. The molecule has 0 spiro atoms. The molecule has 0 aliphatic carbocycles. The van der Waals surface area contributed by atoms with Crippen molar-refractivity contribution in [3.63, 3.8) is 0 Å². The van der Waals surface area contributed by atoms with Crippen LogP contribution in [0.5, 0.6) is 5.75 Å². The van der Waals surface area contributed by atoms with Crippen LogP contribution in [0, 0.1) is 0 Å². The van der Waals surface area contributed by atoms with Crippen LogP contribution in [0.15, 0.2) is 22.7 Å². The Labute approximate surface area is 105 Å². The van der Waals surface area contributed by atoms with Crippen molar-refractivity contribution in [1.82, 2.24) is 0 Å². The van der Waals surface area contributed by atoms with Crippen LogP contribution in [-0.2, 0) is 15.6 Å². The van der Waals surface area contributed by atoms with Crippen molar-refractivity contribution in [1.29, 1.82) is 0 Å². The van der Waals surface area contributed by atoms with Crippen LogP contribution < -0.4 is 4.74 Å². The molecule has 1 aromatic carbocycles. The van der Waals surface area contributed by atoms with E-state index in [-0.39, 0.29) is 11.5 Å². The van der Waals surface area contributed by atoms with Gasteiger partial charge in [0.05, 0.1) is 12.4 Å². The lowest BCUT2D eigenvalue weighted by atomic mass is 10.2. The molecular weight excluding hydrogens is 292 g/mol. The first-order valence-electron chi connectivity index (χ1n) is 5.10. The number of sulfone groups is 1. The van der Waals surface area contributed by atoms with Gasteiger partial charge in [-0.3, -0.25) is 0 Å². The summed E-state index contributed by atoms with van der Waals surface area (Å²) in [6.45, 7) is 4.04. The molecule has 1 aromatic rings. The fourth-order valence-corrected chi connectivity index (χ4v) is 2.53. The van der Waals surface area contributed by atoms with Gasteiger partial charge >= 0.3 is 0 Å². The van der Waals surface area contributed by atoms with E-state index < -0.39 is 9.84 Å². The molecule has 0 atom stereocenters. The van der Waals surface area contributed by atoms with E-state index in [0.29, 0.717) is 17.9 Å². The highest BCUT2D eigenvalue weighted by Crippen LogP contribution is 2.25. The maximum Gasteiger partial charge on any atom is 0.154 e. The zero-order chi connectivity index (χ0) is 12.2. The van der Waals surface area contributed by atoms with Crippen molar-refractivity contribution in [2.75, 3.05) is 12.4 Å². The van der Waals surface area contributed by atoms with Gasteiger partial charge in [-0.25, -0.2) is 8.42 Å². The topological polar surface area (TPSA) is 43.4 Å².